The number of aromatic nitrogens is 3. The molecule has 0 saturated carbocycles. The van der Waals surface area contributed by atoms with Crippen LogP contribution in [0.2, 0.25) is 5.54 Å². The normalized spacial score (nSPS) is 14.4. The zero-order valence-electron chi connectivity index (χ0n) is 27.6. The molecule has 50 heavy (non-hydrogen) atoms. The highest BCUT2D eigenvalue weighted by Gasteiger charge is 2.45. The fraction of sp³-hybridized carbons (Fsp3) is 0.0435. The van der Waals surface area contributed by atoms with Gasteiger partial charge in [0, 0.05) is 22.5 Å². The Morgan fingerprint density at radius 2 is 1.18 bits per heavy atom. The van der Waals surface area contributed by atoms with Crippen molar-refractivity contribution in [2.45, 2.75) is 12.0 Å². The lowest BCUT2D eigenvalue weighted by Crippen LogP contribution is -2.69. The van der Waals surface area contributed by atoms with Gasteiger partial charge in [0.1, 0.15) is 0 Å². The van der Waals surface area contributed by atoms with Crippen molar-refractivity contribution >= 4 is 45.4 Å². The van der Waals surface area contributed by atoms with Crippen LogP contribution >= 0.6 is 0 Å². The number of rotatable bonds is 7. The van der Waals surface area contributed by atoms with Crippen molar-refractivity contribution in [3.8, 4) is 28.3 Å². The van der Waals surface area contributed by atoms with Crippen LogP contribution < -0.4 is 15.6 Å². The first-order valence-electron chi connectivity index (χ1n) is 17.3. The van der Waals surface area contributed by atoms with E-state index in [4.69, 9.17) is 9.97 Å². The third-order valence-corrected chi connectivity index (χ3v) is 15.5. The Bertz CT molecular complexity index is 2480. The van der Waals surface area contributed by atoms with Crippen molar-refractivity contribution in [1.29, 1.82) is 0 Å². The van der Waals surface area contributed by atoms with E-state index in [1.54, 1.807) is 0 Å². The van der Waals surface area contributed by atoms with Crippen molar-refractivity contribution in [1.82, 2.24) is 14.5 Å². The molecule has 0 spiro atoms. The number of benzene rings is 6. The molecule has 6 aromatic carbocycles. The molecule has 0 aliphatic heterocycles. The van der Waals surface area contributed by atoms with Gasteiger partial charge in [0.2, 0.25) is 5.95 Å². The smallest absolute Gasteiger partial charge is 0.235 e. The number of hydrogen-bond donors (Lipinski definition) is 0. The van der Waals surface area contributed by atoms with Crippen LogP contribution in [0.5, 0.6) is 0 Å². The first-order chi connectivity index (χ1) is 24.8. The fourth-order valence-electron chi connectivity index (χ4n) is 7.98. The van der Waals surface area contributed by atoms with Gasteiger partial charge in [-0.25, -0.2) is 9.97 Å². The predicted octanol–water partition coefficient (Wildman–Crippen LogP) is 9.26. The van der Waals surface area contributed by atoms with Crippen LogP contribution in [0.25, 0.3) is 50.1 Å². The summed E-state index contributed by atoms with van der Waals surface area (Å²) >= 11 is 0. The molecule has 2 aromatic heterocycles. The second-order valence-electron chi connectivity index (χ2n) is 13.0. The van der Waals surface area contributed by atoms with Crippen molar-refractivity contribution in [2.75, 3.05) is 0 Å². The lowest BCUT2D eigenvalue weighted by atomic mass is 10.0. The first-order valence-corrected chi connectivity index (χ1v) is 19.4. The Morgan fingerprint density at radius 3 is 1.92 bits per heavy atom. The van der Waals surface area contributed by atoms with Gasteiger partial charge in [-0.05, 0) is 56.8 Å². The molecule has 0 fully saturated rings. The topological polar surface area (TPSA) is 30.7 Å². The Balaban J connectivity index is 1.23. The Kier molecular flexibility index (Phi) is 7.64. The summed E-state index contributed by atoms with van der Waals surface area (Å²) in [5.74, 6) is 0.666. The summed E-state index contributed by atoms with van der Waals surface area (Å²) in [5.41, 5.74) is 6.91. The van der Waals surface area contributed by atoms with E-state index in [1.165, 1.54) is 37.5 Å². The molecule has 1 unspecified atom stereocenters. The summed E-state index contributed by atoms with van der Waals surface area (Å²) in [6.45, 7) is 0. The average molecular weight is 658 g/mol. The van der Waals surface area contributed by atoms with E-state index in [0.29, 0.717) is 11.5 Å². The number of para-hydroxylation sites is 1. The largest absolute Gasteiger partial charge is 0.278 e. The average Bonchev–Trinajstić information content (AvgIpc) is 3.54. The zero-order chi connectivity index (χ0) is 33.3. The van der Waals surface area contributed by atoms with Crippen molar-refractivity contribution in [3.05, 3.63) is 194 Å². The minimum absolute atomic E-state index is 0.366. The molecule has 0 radical (unpaired) electrons. The molecule has 0 amide bonds. The molecule has 1 aliphatic rings. The summed E-state index contributed by atoms with van der Waals surface area (Å²) in [4.78, 5) is 10.2. The second-order valence-corrected chi connectivity index (χ2v) is 17.1. The highest BCUT2D eigenvalue weighted by molar-refractivity contribution is 7.12. The monoisotopic (exact) mass is 657 g/mol. The minimum atomic E-state index is -2.55. The first kappa shape index (κ1) is 30.0. The van der Waals surface area contributed by atoms with E-state index in [2.05, 4.69) is 187 Å². The number of hydrogen-bond acceptors (Lipinski definition) is 2. The molecule has 0 bridgehead atoms. The Labute approximate surface area is 293 Å². The number of nitrogens with zero attached hydrogens (tertiary/aromatic N) is 3. The summed E-state index contributed by atoms with van der Waals surface area (Å²) in [5, 5.41) is 6.58. The highest BCUT2D eigenvalue weighted by atomic mass is 28.3. The van der Waals surface area contributed by atoms with Crippen molar-refractivity contribution < 1.29 is 0 Å². The standard InChI is InChI=1S/C46H35N3Si/c1-5-16-34(17-6-1)35-28-29-42-41-26-13-14-27-44(41)49(45(42)33-35)46-47-31-30-43(48-46)36-18-15-25-40(32-36)50(37-19-7-2-8-20-37,38-21-9-3-10-22-38)39-23-11-4-12-24-39/h1-23,25-33,39H,24H2. The van der Waals surface area contributed by atoms with Crippen molar-refractivity contribution in [2.24, 2.45) is 0 Å². The number of fused-ring (bicyclic) bond motifs is 3. The summed E-state index contributed by atoms with van der Waals surface area (Å²) in [6.07, 6.45) is 12.1. The lowest BCUT2D eigenvalue weighted by molar-refractivity contribution is 0.991. The van der Waals surface area contributed by atoms with Crippen LogP contribution in [0.15, 0.2) is 194 Å². The fourth-order valence-corrected chi connectivity index (χ4v) is 13.3. The maximum Gasteiger partial charge on any atom is 0.235 e. The quantitative estimate of drug-likeness (QED) is 0.126. The van der Waals surface area contributed by atoms with Crippen LogP contribution in [0, 0.1) is 0 Å². The molecule has 9 rings (SSSR count). The molecule has 0 saturated heterocycles. The molecular formula is C46H35N3Si. The van der Waals surface area contributed by atoms with Gasteiger partial charge in [-0.1, -0.05) is 170 Å². The summed E-state index contributed by atoms with van der Waals surface area (Å²) < 4.78 is 2.22. The molecule has 4 heteroatoms. The predicted molar refractivity (Wildman–Crippen MR) is 211 cm³/mol. The molecule has 1 atom stereocenters. The van der Waals surface area contributed by atoms with E-state index >= 15 is 0 Å². The van der Waals surface area contributed by atoms with Gasteiger partial charge in [-0.15, -0.1) is 0 Å². The van der Waals surface area contributed by atoms with Gasteiger partial charge in [-0.3, -0.25) is 4.57 Å². The SMILES string of the molecule is C1=CCC([Si](c2ccccc2)(c2ccccc2)c2cccc(-c3ccnc(-n4c5ccccc5c5ccc(-c6ccccc6)cc54)n3)c2)C=C1. The van der Waals surface area contributed by atoms with E-state index in [1.807, 2.05) is 12.3 Å². The van der Waals surface area contributed by atoms with Gasteiger partial charge in [0.25, 0.3) is 0 Å². The lowest BCUT2D eigenvalue weighted by Gasteiger charge is -2.40. The number of allylic oxidation sites excluding steroid dienone is 4. The molecule has 1 aliphatic carbocycles. The van der Waals surface area contributed by atoms with Gasteiger partial charge >= 0.3 is 0 Å². The van der Waals surface area contributed by atoms with Crippen LogP contribution in [0.3, 0.4) is 0 Å². The molecule has 8 aromatic rings. The molecular weight excluding hydrogens is 623 g/mol. The Morgan fingerprint density at radius 1 is 0.520 bits per heavy atom. The highest BCUT2D eigenvalue weighted by Crippen LogP contribution is 2.35. The van der Waals surface area contributed by atoms with Crippen LogP contribution in [0.1, 0.15) is 6.42 Å². The molecule has 0 N–H and O–H groups in total. The second kappa shape index (κ2) is 12.7. The van der Waals surface area contributed by atoms with Crippen LogP contribution in [-0.2, 0) is 0 Å². The van der Waals surface area contributed by atoms with Crippen LogP contribution in [0.4, 0.5) is 0 Å². The minimum Gasteiger partial charge on any atom is -0.278 e. The van der Waals surface area contributed by atoms with Gasteiger partial charge in [0.05, 0.1) is 16.7 Å². The van der Waals surface area contributed by atoms with Gasteiger partial charge in [0.15, 0.2) is 8.07 Å². The molecule has 3 nitrogen and oxygen atoms in total. The van der Waals surface area contributed by atoms with E-state index in [0.717, 1.165) is 28.7 Å². The van der Waals surface area contributed by atoms with Crippen LogP contribution in [-0.4, -0.2) is 22.6 Å². The molecule has 2 heterocycles. The maximum absolute atomic E-state index is 5.31. The van der Waals surface area contributed by atoms with Gasteiger partial charge < -0.3 is 0 Å². The third-order valence-electron chi connectivity index (χ3n) is 10.2. The zero-order valence-corrected chi connectivity index (χ0v) is 28.6. The van der Waals surface area contributed by atoms with Crippen molar-refractivity contribution in [3.63, 3.8) is 0 Å². The van der Waals surface area contributed by atoms with E-state index < -0.39 is 8.07 Å². The Hall–Kier alpha value is -6.10. The summed E-state index contributed by atoms with van der Waals surface area (Å²) in [7, 11) is -2.55. The van der Waals surface area contributed by atoms with E-state index in [9.17, 15) is 0 Å². The van der Waals surface area contributed by atoms with E-state index in [-0.39, 0.29) is 0 Å². The third kappa shape index (κ3) is 5.04. The maximum atomic E-state index is 5.31. The van der Waals surface area contributed by atoms with Gasteiger partial charge in [-0.2, -0.15) is 0 Å². The summed E-state index contributed by atoms with van der Waals surface area (Å²) in [6, 6.07) is 59.4. The molecule has 238 valence electrons.